The molecule has 2 aliphatic carbocycles. The summed E-state index contributed by atoms with van der Waals surface area (Å²) in [5.74, 6) is 0. The van der Waals surface area contributed by atoms with Gasteiger partial charge in [-0.3, -0.25) is 0 Å². The second-order valence-electron chi connectivity index (χ2n) is 4.42. The summed E-state index contributed by atoms with van der Waals surface area (Å²) in [4.78, 5) is 0. The highest BCUT2D eigenvalue weighted by atomic mass is 14.9. The van der Waals surface area contributed by atoms with Gasteiger partial charge in [-0.05, 0) is 48.6 Å². The number of nitrogens with one attached hydrogen (secondary N) is 1. The number of allylic oxidation sites excluding steroid dienone is 10. The molecule has 1 heterocycles. The molecule has 0 spiro atoms. The van der Waals surface area contributed by atoms with Crippen molar-refractivity contribution < 1.29 is 0 Å². The van der Waals surface area contributed by atoms with Crippen LogP contribution in [0.15, 0.2) is 70.6 Å². The van der Waals surface area contributed by atoms with Gasteiger partial charge in [0.2, 0.25) is 0 Å². The minimum Gasteiger partial charge on any atom is -0.361 e. The van der Waals surface area contributed by atoms with Gasteiger partial charge in [-0.2, -0.15) is 0 Å². The van der Waals surface area contributed by atoms with E-state index in [1.54, 1.807) is 0 Å². The predicted molar refractivity (Wildman–Crippen MR) is 67.6 cm³/mol. The molecule has 1 heteroatoms. The van der Waals surface area contributed by atoms with Crippen LogP contribution in [-0.2, 0) is 0 Å². The van der Waals surface area contributed by atoms with Crippen LogP contribution in [0.5, 0.6) is 0 Å². The Labute approximate surface area is 96.2 Å². The summed E-state index contributed by atoms with van der Waals surface area (Å²) >= 11 is 0. The van der Waals surface area contributed by atoms with E-state index in [0.29, 0.717) is 0 Å². The van der Waals surface area contributed by atoms with E-state index in [1.807, 2.05) is 18.4 Å². The van der Waals surface area contributed by atoms with Crippen molar-refractivity contribution >= 4 is 0 Å². The van der Waals surface area contributed by atoms with Gasteiger partial charge < -0.3 is 5.32 Å². The van der Waals surface area contributed by atoms with Gasteiger partial charge >= 0.3 is 0 Å². The van der Waals surface area contributed by atoms with Crippen molar-refractivity contribution in [2.45, 2.75) is 19.8 Å². The lowest BCUT2D eigenvalue weighted by Gasteiger charge is -2.08. The molecule has 0 unspecified atom stereocenters. The van der Waals surface area contributed by atoms with Crippen LogP contribution < -0.4 is 5.32 Å². The van der Waals surface area contributed by atoms with Crippen LogP contribution in [0.1, 0.15) is 19.8 Å². The molecule has 3 aliphatic rings. The summed E-state index contributed by atoms with van der Waals surface area (Å²) < 4.78 is 0. The lowest BCUT2D eigenvalue weighted by molar-refractivity contribution is 0.964. The second kappa shape index (κ2) is 3.67. The van der Waals surface area contributed by atoms with E-state index >= 15 is 0 Å². The summed E-state index contributed by atoms with van der Waals surface area (Å²) in [5.41, 5.74) is 7.03. The van der Waals surface area contributed by atoms with Crippen LogP contribution >= 0.6 is 0 Å². The molecule has 0 aromatic rings. The molecule has 1 N–H and O–H groups in total. The topological polar surface area (TPSA) is 12.0 Å². The Kier molecular flexibility index (Phi) is 2.17. The average Bonchev–Trinajstić information content (AvgIpc) is 2.68. The highest BCUT2D eigenvalue weighted by Crippen LogP contribution is 2.40. The van der Waals surface area contributed by atoms with E-state index in [-0.39, 0.29) is 0 Å². The van der Waals surface area contributed by atoms with Gasteiger partial charge in [0.25, 0.3) is 0 Å². The van der Waals surface area contributed by atoms with Gasteiger partial charge in [0, 0.05) is 11.9 Å². The monoisotopic (exact) mass is 209 g/mol. The minimum absolute atomic E-state index is 1.16. The van der Waals surface area contributed by atoms with Crippen molar-refractivity contribution in [2.75, 3.05) is 0 Å². The number of rotatable bonds is 1. The highest BCUT2D eigenvalue weighted by Gasteiger charge is 2.23. The van der Waals surface area contributed by atoms with Crippen molar-refractivity contribution in [3.8, 4) is 0 Å². The zero-order valence-electron chi connectivity index (χ0n) is 9.46. The fourth-order valence-electron chi connectivity index (χ4n) is 2.52. The van der Waals surface area contributed by atoms with E-state index in [1.165, 1.54) is 34.4 Å². The molecule has 0 radical (unpaired) electrons. The summed E-state index contributed by atoms with van der Waals surface area (Å²) in [6, 6.07) is 0. The molecular formula is C15H15N. The third-order valence-corrected chi connectivity index (χ3v) is 3.23. The van der Waals surface area contributed by atoms with Crippen LogP contribution in [0.3, 0.4) is 0 Å². The molecule has 1 aliphatic heterocycles. The maximum atomic E-state index is 3.35. The molecule has 0 bridgehead atoms. The minimum atomic E-state index is 1.16. The van der Waals surface area contributed by atoms with Crippen LogP contribution in [0.4, 0.5) is 0 Å². The van der Waals surface area contributed by atoms with E-state index < -0.39 is 0 Å². The Balaban J connectivity index is 2.03. The number of hydrogen-bond acceptors (Lipinski definition) is 1. The summed E-state index contributed by atoms with van der Waals surface area (Å²) in [6.45, 7) is 2.17. The maximum Gasteiger partial charge on any atom is 0.0418 e. The van der Waals surface area contributed by atoms with E-state index in [2.05, 4.69) is 36.5 Å². The molecule has 0 saturated heterocycles. The molecule has 0 fully saturated rings. The smallest absolute Gasteiger partial charge is 0.0418 e. The van der Waals surface area contributed by atoms with Crippen molar-refractivity contribution in [1.29, 1.82) is 0 Å². The van der Waals surface area contributed by atoms with Crippen LogP contribution in [0.2, 0.25) is 0 Å². The Morgan fingerprint density at radius 2 is 2.00 bits per heavy atom. The molecule has 16 heavy (non-hydrogen) atoms. The van der Waals surface area contributed by atoms with Crippen molar-refractivity contribution in [2.24, 2.45) is 0 Å². The fourth-order valence-corrected chi connectivity index (χ4v) is 2.52. The maximum absolute atomic E-state index is 3.35. The standard InChI is InChI=1S/C15H15N/c1-11-9-12-6-7-13(14(12)10-11)15-5-3-2-4-8-16-15/h2-5,8-10,16H,6-7H2,1H3. The highest BCUT2D eigenvalue weighted by molar-refractivity contribution is 5.62. The second-order valence-corrected chi connectivity index (χ2v) is 4.42. The van der Waals surface area contributed by atoms with Gasteiger partial charge in [0.1, 0.15) is 0 Å². The first-order chi connectivity index (χ1) is 7.84. The largest absolute Gasteiger partial charge is 0.361 e. The van der Waals surface area contributed by atoms with E-state index in [0.717, 1.165) is 6.42 Å². The number of hydrogen-bond donors (Lipinski definition) is 1. The van der Waals surface area contributed by atoms with Gasteiger partial charge in [0.05, 0.1) is 0 Å². The summed E-state index contributed by atoms with van der Waals surface area (Å²) in [6.07, 6.45) is 17.3. The molecule has 0 atom stereocenters. The SMILES string of the molecule is CC1=CC2=C(C3=CC=CC=CN3)CCC2=C1. The molecule has 80 valence electrons. The fraction of sp³-hybridized carbons (Fsp3) is 0.200. The average molecular weight is 209 g/mol. The van der Waals surface area contributed by atoms with Crippen molar-refractivity contribution in [3.63, 3.8) is 0 Å². The van der Waals surface area contributed by atoms with Crippen LogP contribution in [0, 0.1) is 0 Å². The molecule has 0 aromatic heterocycles. The molecule has 0 amide bonds. The molecular weight excluding hydrogens is 194 g/mol. The van der Waals surface area contributed by atoms with Crippen LogP contribution in [-0.4, -0.2) is 0 Å². The summed E-state index contributed by atoms with van der Waals surface area (Å²) in [7, 11) is 0. The normalized spacial score (nSPS) is 22.4. The lowest BCUT2D eigenvalue weighted by Crippen LogP contribution is -2.06. The molecule has 0 saturated carbocycles. The van der Waals surface area contributed by atoms with E-state index in [4.69, 9.17) is 0 Å². The Bertz CT molecular complexity index is 508. The third kappa shape index (κ3) is 1.49. The third-order valence-electron chi connectivity index (χ3n) is 3.23. The van der Waals surface area contributed by atoms with Crippen molar-refractivity contribution in [3.05, 3.63) is 70.6 Å². The Hall–Kier alpha value is -1.76. The lowest BCUT2D eigenvalue weighted by atomic mass is 10.1. The first kappa shape index (κ1) is 9.46. The van der Waals surface area contributed by atoms with E-state index in [9.17, 15) is 0 Å². The van der Waals surface area contributed by atoms with Crippen molar-refractivity contribution in [1.82, 2.24) is 5.32 Å². The number of fused-ring (bicyclic) bond motifs is 1. The van der Waals surface area contributed by atoms with Crippen LogP contribution in [0.25, 0.3) is 0 Å². The molecule has 0 aromatic carbocycles. The van der Waals surface area contributed by atoms with Gasteiger partial charge in [-0.1, -0.05) is 29.9 Å². The Morgan fingerprint density at radius 1 is 1.06 bits per heavy atom. The zero-order chi connectivity index (χ0) is 11.0. The predicted octanol–water partition coefficient (Wildman–Crippen LogP) is 3.52. The van der Waals surface area contributed by atoms with Gasteiger partial charge in [0.15, 0.2) is 0 Å². The van der Waals surface area contributed by atoms with Gasteiger partial charge in [-0.15, -0.1) is 0 Å². The molecule has 3 rings (SSSR count). The summed E-state index contributed by atoms with van der Waals surface area (Å²) in [5, 5.41) is 3.35. The Morgan fingerprint density at radius 3 is 2.94 bits per heavy atom. The first-order valence-electron chi connectivity index (χ1n) is 5.77. The van der Waals surface area contributed by atoms with Gasteiger partial charge in [-0.25, -0.2) is 0 Å². The quantitative estimate of drug-likeness (QED) is 0.696. The first-order valence-corrected chi connectivity index (χ1v) is 5.77. The molecule has 1 nitrogen and oxygen atoms in total. The zero-order valence-corrected chi connectivity index (χ0v) is 9.46.